The number of rotatable bonds is 10. The average molecular weight is 464 g/mol. The molecule has 1 aromatic heterocycles. The zero-order valence-electron chi connectivity index (χ0n) is 19.6. The van der Waals surface area contributed by atoms with Gasteiger partial charge in [-0.05, 0) is 54.3 Å². The number of esters is 1. The van der Waals surface area contributed by atoms with Crippen LogP contribution in [0.1, 0.15) is 49.5 Å². The first kappa shape index (κ1) is 24.8. The second-order valence-corrected chi connectivity index (χ2v) is 8.28. The molecular weight excluding hydrogens is 434 g/mol. The minimum Gasteiger partial charge on any atom is -0.494 e. The van der Waals surface area contributed by atoms with Crippen LogP contribution in [0.5, 0.6) is 11.5 Å². The zero-order chi connectivity index (χ0) is 24.5. The number of hydrogen-bond acceptors (Lipinski definition) is 6. The highest BCUT2D eigenvalue weighted by atomic mass is 16.5. The SMILES string of the molecule is CCCCOc1ccc(/C=C/C(=O)Oc2ccc3cc(C(=O)NCC(C)C)c(=O)oc3c2)cc1. The maximum absolute atomic E-state index is 12.3. The number of benzene rings is 2. The van der Waals surface area contributed by atoms with Crippen molar-refractivity contribution in [2.24, 2.45) is 5.92 Å². The molecule has 7 nitrogen and oxygen atoms in total. The van der Waals surface area contributed by atoms with E-state index in [-0.39, 0.29) is 22.8 Å². The smallest absolute Gasteiger partial charge is 0.349 e. The van der Waals surface area contributed by atoms with Crippen LogP contribution in [0.4, 0.5) is 0 Å². The van der Waals surface area contributed by atoms with E-state index in [1.54, 1.807) is 18.2 Å². The third-order valence-corrected chi connectivity index (χ3v) is 4.90. The third-order valence-electron chi connectivity index (χ3n) is 4.90. The fourth-order valence-electron chi connectivity index (χ4n) is 3.03. The molecule has 0 aliphatic heterocycles. The number of unbranched alkanes of at least 4 members (excludes halogenated alkanes) is 1. The Morgan fingerprint density at radius 3 is 2.50 bits per heavy atom. The Morgan fingerprint density at radius 1 is 1.06 bits per heavy atom. The van der Waals surface area contributed by atoms with Crippen molar-refractivity contribution in [3.05, 3.63) is 76.2 Å². The molecule has 1 N–H and O–H groups in total. The number of amides is 1. The Bertz CT molecular complexity index is 1220. The van der Waals surface area contributed by atoms with Crippen molar-refractivity contribution < 1.29 is 23.5 Å². The molecule has 0 spiro atoms. The van der Waals surface area contributed by atoms with Gasteiger partial charge in [0.05, 0.1) is 6.61 Å². The molecule has 0 bridgehead atoms. The molecule has 0 aliphatic carbocycles. The molecule has 2 aromatic carbocycles. The molecule has 3 rings (SSSR count). The summed E-state index contributed by atoms with van der Waals surface area (Å²) in [6, 6.07) is 13.5. The fourth-order valence-corrected chi connectivity index (χ4v) is 3.03. The van der Waals surface area contributed by atoms with Crippen molar-refractivity contribution in [2.75, 3.05) is 13.2 Å². The molecule has 1 heterocycles. The first-order valence-corrected chi connectivity index (χ1v) is 11.3. The van der Waals surface area contributed by atoms with Crippen LogP contribution >= 0.6 is 0 Å². The van der Waals surface area contributed by atoms with Gasteiger partial charge in [-0.2, -0.15) is 0 Å². The Morgan fingerprint density at radius 2 is 1.79 bits per heavy atom. The Kier molecular flexibility index (Phi) is 8.62. The van der Waals surface area contributed by atoms with Gasteiger partial charge in [0, 0.05) is 24.1 Å². The minimum atomic E-state index is -0.751. The summed E-state index contributed by atoms with van der Waals surface area (Å²) in [5.74, 6) is 0.209. The molecule has 7 heteroatoms. The van der Waals surface area contributed by atoms with Gasteiger partial charge in [-0.15, -0.1) is 0 Å². The molecule has 178 valence electrons. The van der Waals surface area contributed by atoms with E-state index in [4.69, 9.17) is 13.9 Å². The van der Waals surface area contributed by atoms with Gasteiger partial charge >= 0.3 is 11.6 Å². The highest BCUT2D eigenvalue weighted by molar-refractivity contribution is 5.97. The Balaban J connectivity index is 1.64. The van der Waals surface area contributed by atoms with Crippen LogP contribution in [-0.2, 0) is 4.79 Å². The zero-order valence-corrected chi connectivity index (χ0v) is 19.6. The molecular formula is C27H29NO6. The summed E-state index contributed by atoms with van der Waals surface area (Å²) in [7, 11) is 0. The van der Waals surface area contributed by atoms with Crippen molar-refractivity contribution in [3.63, 3.8) is 0 Å². The summed E-state index contributed by atoms with van der Waals surface area (Å²) in [6.45, 7) is 7.16. The summed E-state index contributed by atoms with van der Waals surface area (Å²) in [5.41, 5.74) is 0.229. The van der Waals surface area contributed by atoms with Gasteiger partial charge in [-0.3, -0.25) is 4.79 Å². The lowest BCUT2D eigenvalue weighted by Crippen LogP contribution is -2.31. The number of fused-ring (bicyclic) bond motifs is 1. The predicted molar refractivity (Wildman–Crippen MR) is 131 cm³/mol. The van der Waals surface area contributed by atoms with Gasteiger partial charge in [-0.25, -0.2) is 9.59 Å². The van der Waals surface area contributed by atoms with Crippen molar-refractivity contribution in [2.45, 2.75) is 33.6 Å². The van der Waals surface area contributed by atoms with Gasteiger partial charge in [0.15, 0.2) is 0 Å². The highest BCUT2D eigenvalue weighted by Crippen LogP contribution is 2.21. The van der Waals surface area contributed by atoms with Crippen LogP contribution in [-0.4, -0.2) is 25.0 Å². The van der Waals surface area contributed by atoms with E-state index in [0.29, 0.717) is 18.5 Å². The summed E-state index contributed by atoms with van der Waals surface area (Å²) in [4.78, 5) is 36.7. The largest absolute Gasteiger partial charge is 0.494 e. The summed E-state index contributed by atoms with van der Waals surface area (Å²) >= 11 is 0. The van der Waals surface area contributed by atoms with E-state index in [2.05, 4.69) is 12.2 Å². The molecule has 0 fully saturated rings. The molecule has 0 radical (unpaired) electrons. The monoisotopic (exact) mass is 463 g/mol. The van der Waals surface area contributed by atoms with E-state index in [1.165, 1.54) is 18.2 Å². The average Bonchev–Trinajstić information content (AvgIpc) is 2.81. The topological polar surface area (TPSA) is 94.8 Å². The van der Waals surface area contributed by atoms with Gasteiger partial charge in [0.2, 0.25) is 0 Å². The number of nitrogens with one attached hydrogen (secondary N) is 1. The number of carbonyl (C=O) groups excluding carboxylic acids is 2. The maximum Gasteiger partial charge on any atom is 0.349 e. The van der Waals surface area contributed by atoms with Crippen LogP contribution in [0, 0.1) is 5.92 Å². The summed E-state index contributed by atoms with van der Waals surface area (Å²) in [6.07, 6.45) is 5.03. The number of ether oxygens (including phenoxy) is 2. The second-order valence-electron chi connectivity index (χ2n) is 8.28. The first-order valence-electron chi connectivity index (χ1n) is 11.3. The number of hydrogen-bond donors (Lipinski definition) is 1. The van der Waals surface area contributed by atoms with E-state index in [0.717, 1.165) is 24.2 Å². The lowest BCUT2D eigenvalue weighted by molar-refractivity contribution is -0.128. The summed E-state index contributed by atoms with van der Waals surface area (Å²) in [5, 5.41) is 3.25. The van der Waals surface area contributed by atoms with Crippen LogP contribution in [0.3, 0.4) is 0 Å². The van der Waals surface area contributed by atoms with Crippen molar-refractivity contribution >= 4 is 28.9 Å². The second kappa shape index (κ2) is 11.8. The predicted octanol–water partition coefficient (Wildman–Crippen LogP) is 4.98. The molecule has 3 aromatic rings. The maximum atomic E-state index is 12.3. The number of carbonyl (C=O) groups is 2. The molecule has 0 saturated heterocycles. The molecule has 0 atom stereocenters. The van der Waals surface area contributed by atoms with Gasteiger partial charge in [-0.1, -0.05) is 39.3 Å². The quantitative estimate of drug-likeness (QED) is 0.150. The Hall–Kier alpha value is -3.87. The van der Waals surface area contributed by atoms with E-state index in [1.807, 2.05) is 38.1 Å². The highest BCUT2D eigenvalue weighted by Gasteiger charge is 2.14. The molecule has 0 aliphatic rings. The van der Waals surface area contributed by atoms with E-state index < -0.39 is 17.5 Å². The van der Waals surface area contributed by atoms with Crippen molar-refractivity contribution in [1.82, 2.24) is 5.32 Å². The van der Waals surface area contributed by atoms with Crippen molar-refractivity contribution in [1.29, 1.82) is 0 Å². The van der Waals surface area contributed by atoms with E-state index in [9.17, 15) is 14.4 Å². The summed E-state index contributed by atoms with van der Waals surface area (Å²) < 4.78 is 16.2. The molecule has 34 heavy (non-hydrogen) atoms. The van der Waals surface area contributed by atoms with Crippen LogP contribution in [0.15, 0.2) is 63.8 Å². The fraction of sp³-hybridized carbons (Fsp3) is 0.296. The Labute approximate surface area is 198 Å². The third kappa shape index (κ3) is 7.07. The van der Waals surface area contributed by atoms with Crippen LogP contribution in [0.2, 0.25) is 0 Å². The molecule has 1 amide bonds. The standard InChI is InChI=1S/C27H29NO6/c1-4-5-14-32-21-10-6-19(7-11-21)8-13-25(29)33-22-12-9-20-15-23(26(30)28-17-18(2)3)27(31)34-24(20)16-22/h6-13,15-16,18H,4-5,14,17H2,1-3H3,(H,28,30)/b13-8+. The van der Waals surface area contributed by atoms with Crippen LogP contribution in [0.25, 0.3) is 17.0 Å². The van der Waals surface area contributed by atoms with Gasteiger partial charge in [0.1, 0.15) is 22.6 Å². The minimum absolute atomic E-state index is 0.0670. The van der Waals surface area contributed by atoms with Gasteiger partial charge < -0.3 is 19.2 Å². The van der Waals surface area contributed by atoms with Crippen molar-refractivity contribution in [3.8, 4) is 11.5 Å². The molecule has 0 saturated carbocycles. The first-order chi connectivity index (χ1) is 16.4. The van der Waals surface area contributed by atoms with E-state index >= 15 is 0 Å². The van der Waals surface area contributed by atoms with Gasteiger partial charge in [0.25, 0.3) is 5.91 Å². The van der Waals surface area contributed by atoms with Crippen LogP contribution < -0.4 is 20.4 Å². The lowest BCUT2D eigenvalue weighted by atomic mass is 10.1. The normalized spacial score (nSPS) is 11.2. The lowest BCUT2D eigenvalue weighted by Gasteiger charge is -2.08. The molecule has 0 unspecified atom stereocenters.